The molecule has 65 valence electrons. The number of hydrogen-bond donors (Lipinski definition) is 0. The van der Waals surface area contributed by atoms with E-state index in [2.05, 4.69) is 13.0 Å². The van der Waals surface area contributed by atoms with Crippen molar-refractivity contribution < 1.29 is 4.39 Å². The maximum Gasteiger partial charge on any atom is 0.0894 e. The van der Waals surface area contributed by atoms with Gasteiger partial charge in [-0.15, -0.1) is 0 Å². The molecule has 0 nitrogen and oxygen atoms in total. The number of allylic oxidation sites excluding steroid dienone is 2. The van der Waals surface area contributed by atoms with Gasteiger partial charge in [0.1, 0.15) is 0 Å². The lowest BCUT2D eigenvalue weighted by Gasteiger charge is -1.96. The van der Waals surface area contributed by atoms with Crippen LogP contribution >= 0.6 is 0 Å². The van der Waals surface area contributed by atoms with Gasteiger partial charge in [0.05, 0.1) is 6.67 Å². The average Bonchev–Trinajstić information content (AvgIpc) is 2.03. The summed E-state index contributed by atoms with van der Waals surface area (Å²) in [5.41, 5.74) is 0. The van der Waals surface area contributed by atoms with Crippen LogP contribution in [0.3, 0.4) is 0 Å². The highest BCUT2D eigenvalue weighted by molar-refractivity contribution is 4.83. The molecule has 0 aliphatic heterocycles. The summed E-state index contributed by atoms with van der Waals surface area (Å²) >= 11 is 0. The van der Waals surface area contributed by atoms with Gasteiger partial charge in [-0.3, -0.25) is 4.39 Å². The second-order valence-corrected chi connectivity index (χ2v) is 2.72. The Balaban J connectivity index is 2.79. The molecule has 0 fully saturated rings. The van der Waals surface area contributed by atoms with Crippen molar-refractivity contribution in [2.75, 3.05) is 6.67 Å². The van der Waals surface area contributed by atoms with Gasteiger partial charge < -0.3 is 0 Å². The first-order valence-corrected chi connectivity index (χ1v) is 4.42. The molecular formula is C10H18F. The third-order valence-electron chi connectivity index (χ3n) is 1.67. The molecule has 0 aromatic heterocycles. The van der Waals surface area contributed by atoms with Crippen LogP contribution in [-0.4, -0.2) is 6.67 Å². The number of halogens is 1. The summed E-state index contributed by atoms with van der Waals surface area (Å²) in [6.45, 7) is 3.45. The summed E-state index contributed by atoms with van der Waals surface area (Å²) in [4.78, 5) is 0. The highest BCUT2D eigenvalue weighted by atomic mass is 19.1. The van der Waals surface area contributed by atoms with Crippen molar-refractivity contribution >= 4 is 0 Å². The van der Waals surface area contributed by atoms with Crippen LogP contribution in [0.15, 0.2) is 12.2 Å². The molecule has 0 aromatic carbocycles. The average molecular weight is 157 g/mol. The van der Waals surface area contributed by atoms with Crippen molar-refractivity contribution in [1.82, 2.24) is 0 Å². The molecule has 0 heterocycles. The Labute approximate surface area is 69.5 Å². The van der Waals surface area contributed by atoms with Crippen LogP contribution in [0, 0.1) is 6.92 Å². The Morgan fingerprint density at radius 2 is 1.64 bits per heavy atom. The lowest BCUT2D eigenvalue weighted by Crippen LogP contribution is -1.79. The van der Waals surface area contributed by atoms with Gasteiger partial charge in [-0.2, -0.15) is 0 Å². The molecule has 0 aliphatic carbocycles. The number of alkyl halides is 1. The summed E-state index contributed by atoms with van der Waals surface area (Å²) in [5, 5.41) is 0. The van der Waals surface area contributed by atoms with Crippen LogP contribution in [0.5, 0.6) is 0 Å². The minimum absolute atomic E-state index is 0.154. The van der Waals surface area contributed by atoms with Gasteiger partial charge in [0.2, 0.25) is 0 Å². The van der Waals surface area contributed by atoms with Crippen LogP contribution in [-0.2, 0) is 0 Å². The smallest absolute Gasteiger partial charge is 0.0894 e. The summed E-state index contributed by atoms with van der Waals surface area (Å²) in [6, 6.07) is 0. The number of rotatable bonds is 7. The first-order chi connectivity index (χ1) is 5.41. The maximum atomic E-state index is 11.6. The summed E-state index contributed by atoms with van der Waals surface area (Å²) < 4.78 is 11.6. The molecule has 0 rings (SSSR count). The summed E-state index contributed by atoms with van der Waals surface area (Å²) in [7, 11) is 0. The second-order valence-electron chi connectivity index (χ2n) is 2.72. The molecule has 11 heavy (non-hydrogen) atoms. The number of unbranched alkanes of at least 4 members (excludes halogenated alkanes) is 5. The lowest BCUT2D eigenvalue weighted by molar-refractivity contribution is 0.451. The molecule has 0 aliphatic rings. The molecule has 1 radical (unpaired) electrons. The molecule has 0 amide bonds. The summed E-state index contributed by atoms with van der Waals surface area (Å²) in [6.07, 6.45) is 10.4. The monoisotopic (exact) mass is 157 g/mol. The Kier molecular flexibility index (Phi) is 9.38. The van der Waals surface area contributed by atoms with Crippen LogP contribution in [0.2, 0.25) is 0 Å². The molecule has 0 unspecified atom stereocenters. The highest BCUT2D eigenvalue weighted by Crippen LogP contribution is 2.05. The standard InChI is InChI=1S/C10H18F/c1-2-3-4-5-6-7-8-9-10-11/h2-3H,1,4-10H2/b3-2+. The molecule has 1 heteroatoms. The van der Waals surface area contributed by atoms with E-state index >= 15 is 0 Å². The van der Waals surface area contributed by atoms with Crippen LogP contribution in [0.4, 0.5) is 4.39 Å². The lowest BCUT2D eigenvalue weighted by atomic mass is 10.1. The van der Waals surface area contributed by atoms with Crippen molar-refractivity contribution in [3.63, 3.8) is 0 Å². The van der Waals surface area contributed by atoms with E-state index < -0.39 is 0 Å². The maximum absolute atomic E-state index is 11.6. The van der Waals surface area contributed by atoms with Crippen molar-refractivity contribution in [3.05, 3.63) is 19.1 Å². The molecule has 0 atom stereocenters. The SMILES string of the molecule is [CH2]/C=C/CCCCCCCF. The zero-order valence-electron chi connectivity index (χ0n) is 7.19. The van der Waals surface area contributed by atoms with E-state index in [-0.39, 0.29) is 6.67 Å². The van der Waals surface area contributed by atoms with E-state index in [1.165, 1.54) is 19.3 Å². The minimum Gasteiger partial charge on any atom is -0.251 e. The molecular weight excluding hydrogens is 139 g/mol. The second kappa shape index (κ2) is 9.67. The van der Waals surface area contributed by atoms with E-state index in [0.717, 1.165) is 19.3 Å². The normalized spacial score (nSPS) is 11.1. The van der Waals surface area contributed by atoms with Gasteiger partial charge in [-0.05, 0) is 26.2 Å². The van der Waals surface area contributed by atoms with Crippen molar-refractivity contribution in [2.45, 2.75) is 38.5 Å². The zero-order chi connectivity index (χ0) is 8.36. The predicted octanol–water partition coefficient (Wildman–Crippen LogP) is 3.69. The molecule has 0 N–H and O–H groups in total. The van der Waals surface area contributed by atoms with Crippen molar-refractivity contribution in [2.24, 2.45) is 0 Å². The fraction of sp³-hybridized carbons (Fsp3) is 0.700. The zero-order valence-corrected chi connectivity index (χ0v) is 7.19. The quantitative estimate of drug-likeness (QED) is 0.494. The largest absolute Gasteiger partial charge is 0.251 e. The van der Waals surface area contributed by atoms with Gasteiger partial charge in [0.25, 0.3) is 0 Å². The Bertz CT molecular complexity index is 86.9. The third-order valence-corrected chi connectivity index (χ3v) is 1.67. The van der Waals surface area contributed by atoms with E-state index in [0.29, 0.717) is 0 Å². The Morgan fingerprint density at radius 1 is 1.00 bits per heavy atom. The van der Waals surface area contributed by atoms with Gasteiger partial charge in [-0.1, -0.05) is 31.4 Å². The third kappa shape index (κ3) is 9.67. The topological polar surface area (TPSA) is 0 Å². The molecule has 0 saturated carbocycles. The minimum atomic E-state index is -0.154. The fourth-order valence-electron chi connectivity index (χ4n) is 1.00. The van der Waals surface area contributed by atoms with Crippen molar-refractivity contribution in [3.8, 4) is 0 Å². The molecule has 0 aromatic rings. The Morgan fingerprint density at radius 3 is 2.27 bits per heavy atom. The summed E-state index contributed by atoms with van der Waals surface area (Å²) in [5.74, 6) is 0. The van der Waals surface area contributed by atoms with Gasteiger partial charge in [0.15, 0.2) is 0 Å². The number of hydrogen-bond acceptors (Lipinski definition) is 0. The van der Waals surface area contributed by atoms with E-state index in [9.17, 15) is 4.39 Å². The fourth-order valence-corrected chi connectivity index (χ4v) is 1.00. The Hall–Kier alpha value is -0.330. The van der Waals surface area contributed by atoms with Crippen molar-refractivity contribution in [1.29, 1.82) is 0 Å². The molecule has 0 bridgehead atoms. The van der Waals surface area contributed by atoms with Gasteiger partial charge in [-0.25, -0.2) is 0 Å². The molecule has 0 spiro atoms. The van der Waals surface area contributed by atoms with Crippen LogP contribution in [0.1, 0.15) is 38.5 Å². The first-order valence-electron chi connectivity index (χ1n) is 4.42. The van der Waals surface area contributed by atoms with Crippen LogP contribution < -0.4 is 0 Å². The van der Waals surface area contributed by atoms with E-state index in [1.54, 1.807) is 0 Å². The highest BCUT2D eigenvalue weighted by Gasteiger charge is 1.88. The van der Waals surface area contributed by atoms with Crippen LogP contribution in [0.25, 0.3) is 0 Å². The van der Waals surface area contributed by atoms with Gasteiger partial charge in [0, 0.05) is 0 Å². The van der Waals surface area contributed by atoms with Gasteiger partial charge >= 0.3 is 0 Å². The molecule has 0 saturated heterocycles. The van der Waals surface area contributed by atoms with E-state index in [1.807, 2.05) is 6.08 Å². The van der Waals surface area contributed by atoms with E-state index in [4.69, 9.17) is 0 Å². The first kappa shape index (κ1) is 10.7. The predicted molar refractivity (Wildman–Crippen MR) is 48.2 cm³/mol.